The van der Waals surface area contributed by atoms with E-state index in [4.69, 9.17) is 4.74 Å². The number of carboxylic acids is 1. The number of hydrogen-bond donors (Lipinski definition) is 2. The molecule has 0 aromatic rings. The maximum atomic E-state index is 11.9. The summed E-state index contributed by atoms with van der Waals surface area (Å²) in [6, 6.07) is -0.331. The van der Waals surface area contributed by atoms with Crippen molar-refractivity contribution in [3.63, 3.8) is 0 Å². The smallest absolute Gasteiger partial charge is 0.332 e. The van der Waals surface area contributed by atoms with Gasteiger partial charge >= 0.3 is 12.0 Å². The summed E-state index contributed by atoms with van der Waals surface area (Å²) in [5.74, 6) is -1.03. The van der Waals surface area contributed by atoms with Gasteiger partial charge in [-0.25, -0.2) is 9.59 Å². The van der Waals surface area contributed by atoms with Gasteiger partial charge in [0.05, 0.1) is 6.61 Å². The van der Waals surface area contributed by atoms with E-state index in [0.717, 1.165) is 6.42 Å². The number of aliphatic carboxylic acids is 1. The predicted molar refractivity (Wildman–Crippen MR) is 59.7 cm³/mol. The maximum Gasteiger partial charge on any atom is 0.332 e. The summed E-state index contributed by atoms with van der Waals surface area (Å²) in [5.41, 5.74) is -1.25. The highest BCUT2D eigenvalue weighted by molar-refractivity contribution is 5.86. The quantitative estimate of drug-likeness (QED) is 0.676. The van der Waals surface area contributed by atoms with Gasteiger partial charge < -0.3 is 20.1 Å². The molecule has 94 valence electrons. The summed E-state index contributed by atoms with van der Waals surface area (Å²) in [4.78, 5) is 24.7. The van der Waals surface area contributed by atoms with Crippen molar-refractivity contribution in [3.8, 4) is 0 Å². The number of nitrogens with zero attached hydrogens (tertiary/aromatic N) is 1. The minimum absolute atomic E-state index is 0.0394. The van der Waals surface area contributed by atoms with Crippen molar-refractivity contribution in [2.45, 2.75) is 18.4 Å². The minimum Gasteiger partial charge on any atom is -0.479 e. The van der Waals surface area contributed by atoms with Gasteiger partial charge in [0.2, 0.25) is 0 Å². The van der Waals surface area contributed by atoms with E-state index >= 15 is 0 Å². The largest absolute Gasteiger partial charge is 0.479 e. The van der Waals surface area contributed by atoms with Crippen LogP contribution in [-0.4, -0.2) is 53.8 Å². The van der Waals surface area contributed by atoms with E-state index in [1.54, 1.807) is 4.90 Å². The molecule has 1 unspecified atom stereocenters. The molecule has 2 N–H and O–H groups in total. The summed E-state index contributed by atoms with van der Waals surface area (Å²) in [6.45, 7) is 1.56. The second kappa shape index (κ2) is 4.75. The number of ether oxygens (including phenoxy) is 1. The van der Waals surface area contributed by atoms with Crippen LogP contribution >= 0.6 is 0 Å². The molecule has 1 fully saturated rings. The van der Waals surface area contributed by atoms with Crippen LogP contribution in [0.25, 0.3) is 0 Å². The normalized spacial score (nSPS) is 28.1. The first-order chi connectivity index (χ1) is 8.14. The van der Waals surface area contributed by atoms with Crippen LogP contribution in [0.3, 0.4) is 0 Å². The van der Waals surface area contributed by atoms with Crippen LogP contribution in [0.5, 0.6) is 0 Å². The molecule has 0 spiro atoms. The molecule has 1 atom stereocenters. The Labute approximate surface area is 99.2 Å². The van der Waals surface area contributed by atoms with Crippen LogP contribution in [0.4, 0.5) is 4.79 Å². The molecule has 2 amide bonds. The highest BCUT2D eigenvalue weighted by Gasteiger charge is 2.44. The Kier molecular flexibility index (Phi) is 3.33. The second-order valence-electron chi connectivity index (χ2n) is 4.33. The molecule has 2 aliphatic rings. The average Bonchev–Trinajstić information content (AvgIpc) is 2.80. The van der Waals surface area contributed by atoms with Gasteiger partial charge in [0, 0.05) is 26.1 Å². The second-order valence-corrected chi connectivity index (χ2v) is 4.33. The molecule has 2 rings (SSSR count). The highest BCUT2D eigenvalue weighted by Crippen LogP contribution is 2.19. The minimum atomic E-state index is -1.25. The zero-order valence-electron chi connectivity index (χ0n) is 9.52. The Balaban J connectivity index is 2.00. The van der Waals surface area contributed by atoms with Gasteiger partial charge in [-0.05, 0) is 6.42 Å². The van der Waals surface area contributed by atoms with E-state index in [-0.39, 0.29) is 12.6 Å². The van der Waals surface area contributed by atoms with E-state index in [2.05, 4.69) is 5.32 Å². The zero-order valence-corrected chi connectivity index (χ0v) is 9.52. The molecule has 2 aliphatic heterocycles. The third-order valence-electron chi connectivity index (χ3n) is 3.12. The molecule has 17 heavy (non-hydrogen) atoms. The van der Waals surface area contributed by atoms with Crippen molar-refractivity contribution in [3.05, 3.63) is 12.2 Å². The summed E-state index contributed by atoms with van der Waals surface area (Å²) < 4.78 is 5.08. The standard InChI is InChI=1S/C11H16N2O4/c14-9(15)11(4-7-17-8-11)12-10(16)13-5-2-1-3-6-13/h1-2H,3-8H2,(H,12,16)(H,14,15). The number of hydrogen-bond acceptors (Lipinski definition) is 3. The van der Waals surface area contributed by atoms with E-state index < -0.39 is 11.5 Å². The molecule has 0 radical (unpaired) electrons. The van der Waals surface area contributed by atoms with Gasteiger partial charge in [-0.3, -0.25) is 0 Å². The van der Waals surface area contributed by atoms with Crippen LogP contribution in [-0.2, 0) is 9.53 Å². The molecule has 6 nitrogen and oxygen atoms in total. The summed E-state index contributed by atoms with van der Waals surface area (Å²) >= 11 is 0. The van der Waals surface area contributed by atoms with Crippen molar-refractivity contribution in [2.24, 2.45) is 0 Å². The van der Waals surface area contributed by atoms with Gasteiger partial charge in [-0.15, -0.1) is 0 Å². The number of carbonyl (C=O) groups is 2. The lowest BCUT2D eigenvalue weighted by atomic mass is 9.99. The molecule has 1 saturated heterocycles. The number of amides is 2. The third kappa shape index (κ3) is 2.41. The van der Waals surface area contributed by atoms with Crippen molar-refractivity contribution < 1.29 is 19.4 Å². The Morgan fingerprint density at radius 3 is 2.76 bits per heavy atom. The predicted octanol–water partition coefficient (Wildman–Crippen LogP) is 0.202. The van der Waals surface area contributed by atoms with Gasteiger partial charge in [-0.1, -0.05) is 12.2 Å². The van der Waals surface area contributed by atoms with Crippen LogP contribution in [0.1, 0.15) is 12.8 Å². The Hall–Kier alpha value is -1.56. The third-order valence-corrected chi connectivity index (χ3v) is 3.12. The molecule has 0 bridgehead atoms. The fraction of sp³-hybridized carbons (Fsp3) is 0.636. The maximum absolute atomic E-state index is 11.9. The molecule has 0 aromatic heterocycles. The van der Waals surface area contributed by atoms with Gasteiger partial charge in [0.1, 0.15) is 0 Å². The number of nitrogens with one attached hydrogen (secondary N) is 1. The lowest BCUT2D eigenvalue weighted by Crippen LogP contribution is -2.58. The highest BCUT2D eigenvalue weighted by atomic mass is 16.5. The van der Waals surface area contributed by atoms with Crippen LogP contribution in [0.2, 0.25) is 0 Å². The Bertz CT molecular complexity index is 347. The van der Waals surface area contributed by atoms with E-state index in [1.165, 1.54) is 0 Å². The molecular formula is C11H16N2O4. The van der Waals surface area contributed by atoms with E-state index in [9.17, 15) is 14.7 Å². The van der Waals surface area contributed by atoms with E-state index in [0.29, 0.717) is 26.1 Å². The Morgan fingerprint density at radius 2 is 2.24 bits per heavy atom. The summed E-state index contributed by atoms with van der Waals surface area (Å²) in [5, 5.41) is 11.8. The van der Waals surface area contributed by atoms with Gasteiger partial charge in [0.15, 0.2) is 5.54 Å². The fourth-order valence-electron chi connectivity index (χ4n) is 2.00. The first-order valence-electron chi connectivity index (χ1n) is 5.67. The fourth-order valence-corrected chi connectivity index (χ4v) is 2.00. The first-order valence-corrected chi connectivity index (χ1v) is 5.67. The first kappa shape index (κ1) is 11.9. The van der Waals surface area contributed by atoms with Crippen molar-refractivity contribution >= 4 is 12.0 Å². The summed E-state index contributed by atoms with van der Waals surface area (Å²) in [7, 11) is 0. The monoisotopic (exact) mass is 240 g/mol. The topological polar surface area (TPSA) is 78.9 Å². The summed E-state index contributed by atoms with van der Waals surface area (Å²) in [6.07, 6.45) is 5.04. The van der Waals surface area contributed by atoms with Crippen LogP contribution in [0.15, 0.2) is 12.2 Å². The number of urea groups is 1. The zero-order chi connectivity index (χ0) is 12.3. The number of carboxylic acid groups (broad SMARTS) is 1. The molecule has 0 saturated carbocycles. The molecule has 0 aromatic carbocycles. The molecule has 2 heterocycles. The van der Waals surface area contributed by atoms with Crippen molar-refractivity contribution in [1.29, 1.82) is 0 Å². The number of rotatable bonds is 2. The number of carbonyl (C=O) groups excluding carboxylic acids is 1. The molecular weight excluding hydrogens is 224 g/mol. The van der Waals surface area contributed by atoms with Gasteiger partial charge in [0.25, 0.3) is 0 Å². The molecule has 6 heteroatoms. The Morgan fingerprint density at radius 1 is 1.41 bits per heavy atom. The average molecular weight is 240 g/mol. The lowest BCUT2D eigenvalue weighted by molar-refractivity contribution is -0.144. The van der Waals surface area contributed by atoms with Crippen molar-refractivity contribution in [2.75, 3.05) is 26.3 Å². The molecule has 0 aliphatic carbocycles. The van der Waals surface area contributed by atoms with Crippen LogP contribution < -0.4 is 5.32 Å². The van der Waals surface area contributed by atoms with E-state index in [1.807, 2.05) is 12.2 Å². The van der Waals surface area contributed by atoms with Crippen molar-refractivity contribution in [1.82, 2.24) is 10.2 Å². The SMILES string of the molecule is O=C(NC1(C(=O)O)CCOC1)N1CC=CCC1. The van der Waals surface area contributed by atoms with Crippen LogP contribution in [0, 0.1) is 0 Å². The lowest BCUT2D eigenvalue weighted by Gasteiger charge is -2.29. The van der Waals surface area contributed by atoms with Gasteiger partial charge in [-0.2, -0.15) is 0 Å².